The van der Waals surface area contributed by atoms with E-state index in [4.69, 9.17) is 21.1 Å². The second kappa shape index (κ2) is 8.77. The minimum absolute atomic E-state index is 0.0708. The van der Waals surface area contributed by atoms with E-state index in [0.29, 0.717) is 18.1 Å². The predicted octanol–water partition coefficient (Wildman–Crippen LogP) is 3.80. The number of aliphatic hydroxyl groups is 1. The highest BCUT2D eigenvalue weighted by atomic mass is 35.5. The lowest BCUT2D eigenvalue weighted by Gasteiger charge is -2.30. The first-order valence-electron chi connectivity index (χ1n) is 9.09. The van der Waals surface area contributed by atoms with Gasteiger partial charge in [0.1, 0.15) is 18.0 Å². The maximum atomic E-state index is 11.3. The maximum absolute atomic E-state index is 11.3. The van der Waals surface area contributed by atoms with E-state index < -0.39 is 17.3 Å². The van der Waals surface area contributed by atoms with Gasteiger partial charge in [-0.25, -0.2) is 0 Å². The van der Waals surface area contributed by atoms with Crippen LogP contribution in [0.5, 0.6) is 11.5 Å². The van der Waals surface area contributed by atoms with Crippen LogP contribution in [0, 0.1) is 17.0 Å². The average Bonchev–Trinajstić information content (AvgIpc) is 3.09. The van der Waals surface area contributed by atoms with Crippen molar-refractivity contribution in [1.82, 2.24) is 4.90 Å². The third-order valence-corrected chi connectivity index (χ3v) is 4.88. The molecule has 1 aliphatic heterocycles. The second-order valence-corrected chi connectivity index (χ2v) is 7.39. The molecule has 0 spiro atoms. The minimum atomic E-state index is -0.839. The highest BCUT2D eigenvalue weighted by Crippen LogP contribution is 2.31. The Labute approximate surface area is 168 Å². The number of hydrogen-bond acceptors (Lipinski definition) is 6. The number of aliphatic hydroxyl groups excluding tert-OH is 1. The molecule has 3 atom stereocenters. The monoisotopic (exact) mass is 406 g/mol. The van der Waals surface area contributed by atoms with E-state index in [2.05, 4.69) is 0 Å². The standard InChI is InChI=1S/C20H23ClN2O5/c1-13-3-8-18(23(25)26)19(11-13)28-20(14(2)24)22-10-9-17(12-22)27-16-6-4-15(21)5-7-16/h3-8,11,14,17,20,24H,9-10,12H2,1-2H3. The minimum Gasteiger partial charge on any atom is -0.489 e. The Bertz CT molecular complexity index is 828. The molecule has 0 aliphatic carbocycles. The number of nitro benzene ring substituents is 1. The molecule has 1 aliphatic rings. The maximum Gasteiger partial charge on any atom is 0.311 e. The largest absolute Gasteiger partial charge is 0.489 e. The van der Waals surface area contributed by atoms with Crippen LogP contribution in [-0.4, -0.2) is 46.5 Å². The van der Waals surface area contributed by atoms with Gasteiger partial charge in [-0.15, -0.1) is 0 Å². The molecule has 28 heavy (non-hydrogen) atoms. The molecule has 0 aromatic heterocycles. The van der Waals surface area contributed by atoms with Crippen molar-refractivity contribution in [1.29, 1.82) is 0 Å². The Morgan fingerprint density at radius 2 is 2.00 bits per heavy atom. The van der Waals surface area contributed by atoms with Crippen LogP contribution in [0.3, 0.4) is 0 Å². The Hall–Kier alpha value is -2.35. The third-order valence-electron chi connectivity index (χ3n) is 4.63. The summed E-state index contributed by atoms with van der Waals surface area (Å²) < 4.78 is 11.9. The fourth-order valence-corrected chi connectivity index (χ4v) is 3.39. The summed E-state index contributed by atoms with van der Waals surface area (Å²) in [6.45, 7) is 4.63. The average molecular weight is 407 g/mol. The van der Waals surface area contributed by atoms with Gasteiger partial charge >= 0.3 is 5.69 Å². The molecule has 1 saturated heterocycles. The highest BCUT2D eigenvalue weighted by Gasteiger charge is 2.34. The topological polar surface area (TPSA) is 85.1 Å². The Morgan fingerprint density at radius 1 is 1.29 bits per heavy atom. The van der Waals surface area contributed by atoms with Crippen LogP contribution in [0.1, 0.15) is 18.9 Å². The summed E-state index contributed by atoms with van der Waals surface area (Å²) in [6.07, 6.45) is -0.863. The van der Waals surface area contributed by atoms with Crippen LogP contribution in [0.2, 0.25) is 5.02 Å². The van der Waals surface area contributed by atoms with E-state index in [0.717, 1.165) is 17.7 Å². The smallest absolute Gasteiger partial charge is 0.311 e. The van der Waals surface area contributed by atoms with Crippen LogP contribution in [0.25, 0.3) is 0 Å². The van der Waals surface area contributed by atoms with Crippen LogP contribution >= 0.6 is 11.6 Å². The van der Waals surface area contributed by atoms with E-state index in [-0.39, 0.29) is 17.5 Å². The van der Waals surface area contributed by atoms with Crippen molar-refractivity contribution in [3.05, 3.63) is 63.2 Å². The fourth-order valence-electron chi connectivity index (χ4n) is 3.26. The van der Waals surface area contributed by atoms with E-state index in [1.807, 2.05) is 24.0 Å². The molecule has 2 aromatic rings. The Balaban J connectivity index is 1.71. The fraction of sp³-hybridized carbons (Fsp3) is 0.400. The van der Waals surface area contributed by atoms with Gasteiger partial charge in [0.2, 0.25) is 0 Å². The summed E-state index contributed by atoms with van der Waals surface area (Å²) in [5.74, 6) is 0.873. The summed E-state index contributed by atoms with van der Waals surface area (Å²) >= 11 is 5.89. The molecule has 8 heteroatoms. The van der Waals surface area contributed by atoms with Gasteiger partial charge in [-0.1, -0.05) is 17.7 Å². The van der Waals surface area contributed by atoms with Crippen LogP contribution in [0.4, 0.5) is 5.69 Å². The third kappa shape index (κ3) is 4.92. The number of nitrogens with zero attached hydrogens (tertiary/aromatic N) is 2. The zero-order valence-electron chi connectivity index (χ0n) is 15.7. The molecule has 0 bridgehead atoms. The molecule has 0 saturated carbocycles. The zero-order chi connectivity index (χ0) is 20.3. The summed E-state index contributed by atoms with van der Waals surface area (Å²) in [5.41, 5.74) is 0.722. The molecule has 2 aromatic carbocycles. The first kappa shape index (κ1) is 20.4. The van der Waals surface area contributed by atoms with Gasteiger partial charge in [0, 0.05) is 24.2 Å². The van der Waals surface area contributed by atoms with Crippen molar-refractivity contribution in [3.8, 4) is 11.5 Å². The van der Waals surface area contributed by atoms with Crippen LogP contribution < -0.4 is 9.47 Å². The molecule has 1 fully saturated rings. The predicted molar refractivity (Wildman–Crippen MR) is 106 cm³/mol. The Morgan fingerprint density at radius 3 is 2.64 bits per heavy atom. The van der Waals surface area contributed by atoms with Gasteiger partial charge in [0.15, 0.2) is 12.0 Å². The molecule has 1 N–H and O–H groups in total. The lowest BCUT2D eigenvalue weighted by Crippen LogP contribution is -2.46. The summed E-state index contributed by atoms with van der Waals surface area (Å²) in [7, 11) is 0. The van der Waals surface area contributed by atoms with Gasteiger partial charge in [-0.3, -0.25) is 15.0 Å². The molecular weight excluding hydrogens is 384 g/mol. The SMILES string of the molecule is Cc1ccc([N+](=O)[O-])c(OC(C(C)O)N2CCC(Oc3ccc(Cl)cc3)C2)c1. The highest BCUT2D eigenvalue weighted by molar-refractivity contribution is 6.30. The lowest BCUT2D eigenvalue weighted by molar-refractivity contribution is -0.386. The van der Waals surface area contributed by atoms with Crippen molar-refractivity contribution in [2.45, 2.75) is 38.7 Å². The Kier molecular flexibility index (Phi) is 6.39. The van der Waals surface area contributed by atoms with Crippen molar-refractivity contribution in [2.75, 3.05) is 13.1 Å². The van der Waals surface area contributed by atoms with E-state index in [9.17, 15) is 15.2 Å². The molecule has 1 heterocycles. The molecule has 3 unspecified atom stereocenters. The first-order chi connectivity index (χ1) is 13.3. The number of benzene rings is 2. The first-order valence-corrected chi connectivity index (χ1v) is 9.47. The summed E-state index contributed by atoms with van der Waals surface area (Å²) in [5, 5.41) is 22.2. The van der Waals surface area contributed by atoms with Crippen molar-refractivity contribution < 1.29 is 19.5 Å². The molecule has 3 rings (SSSR count). The quantitative estimate of drug-likeness (QED) is 0.556. The molecule has 0 radical (unpaired) electrons. The summed E-state index contributed by atoms with van der Waals surface area (Å²) in [6, 6.07) is 11.8. The number of likely N-dealkylation sites (tertiary alicyclic amines) is 1. The van der Waals surface area contributed by atoms with Gasteiger partial charge in [0.25, 0.3) is 0 Å². The number of nitro groups is 1. The van der Waals surface area contributed by atoms with E-state index in [1.165, 1.54) is 6.07 Å². The van der Waals surface area contributed by atoms with Gasteiger partial charge in [-0.2, -0.15) is 0 Å². The number of aryl methyl sites for hydroxylation is 1. The normalized spacial score (nSPS) is 19.2. The molecule has 0 amide bonds. The van der Waals surface area contributed by atoms with Gasteiger partial charge in [-0.05, 0) is 56.2 Å². The van der Waals surface area contributed by atoms with Crippen molar-refractivity contribution >= 4 is 17.3 Å². The van der Waals surface area contributed by atoms with Crippen LogP contribution in [0.15, 0.2) is 42.5 Å². The lowest BCUT2D eigenvalue weighted by atomic mass is 10.2. The van der Waals surface area contributed by atoms with Gasteiger partial charge in [0.05, 0.1) is 4.92 Å². The van der Waals surface area contributed by atoms with Crippen LogP contribution in [-0.2, 0) is 0 Å². The van der Waals surface area contributed by atoms with E-state index in [1.54, 1.807) is 31.2 Å². The number of rotatable bonds is 7. The number of ether oxygens (including phenoxy) is 2. The number of halogens is 1. The number of hydrogen-bond donors (Lipinski definition) is 1. The van der Waals surface area contributed by atoms with Crippen molar-refractivity contribution in [2.24, 2.45) is 0 Å². The second-order valence-electron chi connectivity index (χ2n) is 6.95. The zero-order valence-corrected chi connectivity index (χ0v) is 16.5. The molecular formula is C20H23ClN2O5. The molecule has 150 valence electrons. The van der Waals surface area contributed by atoms with E-state index >= 15 is 0 Å². The molecule has 7 nitrogen and oxygen atoms in total. The van der Waals surface area contributed by atoms with Gasteiger partial charge < -0.3 is 14.6 Å². The summed E-state index contributed by atoms with van der Waals surface area (Å²) in [4.78, 5) is 12.8. The van der Waals surface area contributed by atoms with Crippen molar-refractivity contribution in [3.63, 3.8) is 0 Å².